The van der Waals surface area contributed by atoms with E-state index in [2.05, 4.69) is 31.4 Å². The molecule has 5 aromatic rings. The van der Waals surface area contributed by atoms with Crippen LogP contribution in [0.1, 0.15) is 5.56 Å². The lowest BCUT2D eigenvalue weighted by atomic mass is 10.0. The average Bonchev–Trinajstić information content (AvgIpc) is 2.79. The molecule has 2 N–H and O–H groups in total. The molecule has 0 fully saturated rings. The van der Waals surface area contributed by atoms with Gasteiger partial charge in [0, 0.05) is 26.4 Å². The predicted octanol–water partition coefficient (Wildman–Crippen LogP) is 6.36. The molecule has 5 rings (SSSR count). The number of anilines is 1. The maximum absolute atomic E-state index is 10.3. The minimum atomic E-state index is 0.221. The summed E-state index contributed by atoms with van der Waals surface area (Å²) in [7, 11) is 0. The lowest BCUT2D eigenvalue weighted by molar-refractivity contribution is 0.481. The van der Waals surface area contributed by atoms with Gasteiger partial charge in [0.2, 0.25) is 5.95 Å². The van der Waals surface area contributed by atoms with Gasteiger partial charge in [-0.15, -0.1) is 0 Å². The molecular formula is C25H17BrN4O. The highest BCUT2D eigenvalue weighted by Crippen LogP contribution is 2.30. The monoisotopic (exact) mass is 468 g/mol. The minimum Gasteiger partial charge on any atom is -0.507 e. The number of nitrogens with one attached hydrogen (secondary N) is 1. The topological polar surface area (TPSA) is 70.4 Å². The van der Waals surface area contributed by atoms with Gasteiger partial charge in [0.05, 0.1) is 17.4 Å². The van der Waals surface area contributed by atoms with Gasteiger partial charge in [-0.3, -0.25) is 0 Å². The summed E-state index contributed by atoms with van der Waals surface area (Å²) in [4.78, 5) is 9.32. The van der Waals surface area contributed by atoms with Crippen LogP contribution < -0.4 is 5.43 Å². The number of hydrazone groups is 1. The Hall–Kier alpha value is -3.77. The summed E-state index contributed by atoms with van der Waals surface area (Å²) in [5.41, 5.74) is 6.39. The van der Waals surface area contributed by atoms with Crippen LogP contribution >= 0.6 is 15.9 Å². The summed E-state index contributed by atoms with van der Waals surface area (Å²) in [6, 6.07) is 27.2. The van der Waals surface area contributed by atoms with Crippen LogP contribution in [0.3, 0.4) is 0 Å². The smallest absolute Gasteiger partial charge is 0.244 e. The van der Waals surface area contributed by atoms with Gasteiger partial charge in [-0.25, -0.2) is 15.4 Å². The Labute approximate surface area is 187 Å². The van der Waals surface area contributed by atoms with Gasteiger partial charge in [0.25, 0.3) is 0 Å². The van der Waals surface area contributed by atoms with Gasteiger partial charge >= 0.3 is 0 Å². The summed E-state index contributed by atoms with van der Waals surface area (Å²) in [6.45, 7) is 0. The van der Waals surface area contributed by atoms with E-state index < -0.39 is 0 Å². The number of rotatable bonds is 4. The van der Waals surface area contributed by atoms with Crippen LogP contribution in [0.5, 0.6) is 5.75 Å². The molecule has 0 saturated carbocycles. The largest absolute Gasteiger partial charge is 0.507 e. The molecule has 5 nitrogen and oxygen atoms in total. The minimum absolute atomic E-state index is 0.221. The van der Waals surface area contributed by atoms with Gasteiger partial charge in [-0.2, -0.15) is 5.10 Å². The Kier molecular flexibility index (Phi) is 5.06. The molecular weight excluding hydrogens is 452 g/mol. The molecule has 31 heavy (non-hydrogen) atoms. The Morgan fingerprint density at radius 3 is 2.52 bits per heavy atom. The van der Waals surface area contributed by atoms with Crippen LogP contribution in [0, 0.1) is 0 Å². The maximum Gasteiger partial charge on any atom is 0.244 e. The zero-order valence-electron chi connectivity index (χ0n) is 16.3. The van der Waals surface area contributed by atoms with Crippen molar-refractivity contribution in [3.05, 3.63) is 95.0 Å². The highest BCUT2D eigenvalue weighted by atomic mass is 79.9. The van der Waals surface area contributed by atoms with E-state index in [-0.39, 0.29) is 5.75 Å². The normalized spacial score (nSPS) is 11.4. The first-order chi connectivity index (χ1) is 15.2. The second-order valence-electron chi connectivity index (χ2n) is 7.02. The highest BCUT2D eigenvalue weighted by molar-refractivity contribution is 9.10. The van der Waals surface area contributed by atoms with Crippen molar-refractivity contribution in [2.75, 3.05) is 5.43 Å². The number of nitrogens with zero attached hydrogens (tertiary/aromatic N) is 3. The Bertz CT molecular complexity index is 1430. The molecule has 0 aliphatic carbocycles. The van der Waals surface area contributed by atoms with Crippen LogP contribution in [-0.2, 0) is 0 Å². The summed E-state index contributed by atoms with van der Waals surface area (Å²) in [5, 5.41) is 17.3. The van der Waals surface area contributed by atoms with Crippen molar-refractivity contribution >= 4 is 49.8 Å². The van der Waals surface area contributed by atoms with Crippen molar-refractivity contribution in [1.82, 2.24) is 9.97 Å². The molecule has 0 amide bonds. The van der Waals surface area contributed by atoms with Crippen LogP contribution in [0.15, 0.2) is 94.5 Å². The molecule has 150 valence electrons. The van der Waals surface area contributed by atoms with Gasteiger partial charge in [-0.05, 0) is 29.7 Å². The van der Waals surface area contributed by atoms with Crippen LogP contribution in [-0.4, -0.2) is 21.3 Å². The number of halogens is 1. The molecule has 0 unspecified atom stereocenters. The van der Waals surface area contributed by atoms with E-state index in [9.17, 15) is 5.11 Å². The van der Waals surface area contributed by atoms with Crippen molar-refractivity contribution in [2.24, 2.45) is 5.10 Å². The molecule has 0 radical (unpaired) electrons. The number of fused-ring (bicyclic) bond motifs is 2. The van der Waals surface area contributed by atoms with E-state index in [1.54, 1.807) is 12.3 Å². The van der Waals surface area contributed by atoms with Crippen LogP contribution in [0.4, 0.5) is 5.95 Å². The van der Waals surface area contributed by atoms with Gasteiger partial charge < -0.3 is 5.11 Å². The molecule has 0 aliphatic heterocycles. The van der Waals surface area contributed by atoms with Crippen LogP contribution in [0.2, 0.25) is 0 Å². The van der Waals surface area contributed by atoms with Gasteiger partial charge in [0.15, 0.2) is 0 Å². The number of hydrogen-bond donors (Lipinski definition) is 2. The average molecular weight is 469 g/mol. The fourth-order valence-corrected chi connectivity index (χ4v) is 3.94. The van der Waals surface area contributed by atoms with Crippen molar-refractivity contribution in [3.8, 4) is 17.0 Å². The molecule has 0 aliphatic rings. The second-order valence-corrected chi connectivity index (χ2v) is 7.93. The Morgan fingerprint density at radius 2 is 1.68 bits per heavy atom. The standard InChI is InChI=1S/C25H17BrN4O/c26-19-12-13-21-20(14-19)24(17-6-2-1-3-7-17)29-25(28-21)30-27-15-18-10-4-8-16-9-5-11-22(31)23(16)18/h1-15,31H,(H,28,29,30)/b27-15-. The summed E-state index contributed by atoms with van der Waals surface area (Å²) in [6.07, 6.45) is 1.67. The van der Waals surface area contributed by atoms with Crippen LogP contribution in [0.25, 0.3) is 32.9 Å². The number of hydrogen-bond acceptors (Lipinski definition) is 5. The Morgan fingerprint density at radius 1 is 0.871 bits per heavy atom. The number of phenols is 1. The molecule has 6 heteroatoms. The van der Waals surface area contributed by atoms with Crippen molar-refractivity contribution in [3.63, 3.8) is 0 Å². The molecule has 1 heterocycles. The van der Waals surface area contributed by atoms with E-state index in [0.717, 1.165) is 43.0 Å². The third-order valence-electron chi connectivity index (χ3n) is 4.99. The quantitative estimate of drug-likeness (QED) is 0.237. The SMILES string of the molecule is Oc1cccc2cccc(/C=N\Nc3nc(-c4ccccc4)c4cc(Br)ccc4n3)c12. The molecule has 0 saturated heterocycles. The number of benzene rings is 4. The zero-order valence-corrected chi connectivity index (χ0v) is 17.9. The van der Waals surface area contributed by atoms with Gasteiger partial charge in [0.1, 0.15) is 5.75 Å². The van der Waals surface area contributed by atoms with E-state index in [1.807, 2.05) is 78.9 Å². The van der Waals surface area contributed by atoms with Crippen molar-refractivity contribution < 1.29 is 5.11 Å². The number of aromatic nitrogens is 2. The maximum atomic E-state index is 10.3. The van der Waals surface area contributed by atoms with E-state index in [0.29, 0.717) is 5.95 Å². The summed E-state index contributed by atoms with van der Waals surface area (Å²) < 4.78 is 0.968. The predicted molar refractivity (Wildman–Crippen MR) is 130 cm³/mol. The lowest BCUT2D eigenvalue weighted by Crippen LogP contribution is -2.00. The second kappa shape index (κ2) is 8.16. The molecule has 1 aromatic heterocycles. The summed E-state index contributed by atoms with van der Waals surface area (Å²) in [5.74, 6) is 0.618. The molecule has 0 spiro atoms. The van der Waals surface area contributed by atoms with E-state index in [1.165, 1.54) is 0 Å². The Balaban J connectivity index is 1.54. The van der Waals surface area contributed by atoms with Crippen molar-refractivity contribution in [2.45, 2.75) is 0 Å². The van der Waals surface area contributed by atoms with E-state index >= 15 is 0 Å². The molecule has 0 bridgehead atoms. The van der Waals surface area contributed by atoms with Crippen molar-refractivity contribution in [1.29, 1.82) is 0 Å². The first kappa shape index (κ1) is 19.2. The highest BCUT2D eigenvalue weighted by Gasteiger charge is 2.10. The molecule has 0 atom stereocenters. The first-order valence-corrected chi connectivity index (χ1v) is 10.5. The van der Waals surface area contributed by atoms with E-state index in [4.69, 9.17) is 4.98 Å². The third-order valence-corrected chi connectivity index (χ3v) is 5.48. The zero-order chi connectivity index (χ0) is 21.2. The fraction of sp³-hybridized carbons (Fsp3) is 0. The molecule has 4 aromatic carbocycles. The fourth-order valence-electron chi connectivity index (χ4n) is 3.58. The first-order valence-electron chi connectivity index (χ1n) is 9.71. The summed E-state index contributed by atoms with van der Waals surface area (Å²) >= 11 is 3.54. The lowest BCUT2D eigenvalue weighted by Gasteiger charge is -2.09. The number of aromatic hydroxyl groups is 1. The number of phenolic OH excluding ortho intramolecular Hbond substituents is 1. The van der Waals surface area contributed by atoms with Gasteiger partial charge in [-0.1, -0.05) is 76.6 Å². The third kappa shape index (κ3) is 3.85.